The van der Waals surface area contributed by atoms with Crippen molar-refractivity contribution < 1.29 is 9.53 Å². The van der Waals surface area contributed by atoms with Gasteiger partial charge >= 0.3 is 5.97 Å². The van der Waals surface area contributed by atoms with Gasteiger partial charge in [-0.05, 0) is 32.1 Å². The van der Waals surface area contributed by atoms with Gasteiger partial charge in [0.15, 0.2) is 0 Å². The Morgan fingerprint density at radius 1 is 1.38 bits per heavy atom. The molecule has 1 rings (SSSR count). The number of rotatable bonds is 2. The Labute approximate surface area is 95.9 Å². The molecule has 1 atom stereocenters. The van der Waals surface area contributed by atoms with Gasteiger partial charge in [0.2, 0.25) is 0 Å². The Morgan fingerprint density at radius 3 is 2.69 bits per heavy atom. The maximum absolute atomic E-state index is 11.3. The van der Waals surface area contributed by atoms with E-state index in [0.717, 1.165) is 5.56 Å². The molecule has 0 fully saturated rings. The van der Waals surface area contributed by atoms with Gasteiger partial charge in [-0.2, -0.15) is 0 Å². The number of hydrogen-bond acceptors (Lipinski definition) is 2. The fraction of sp³-hybridized carbons (Fsp3) is 0.214. The van der Waals surface area contributed by atoms with Crippen molar-refractivity contribution in [2.45, 2.75) is 20.0 Å². The van der Waals surface area contributed by atoms with E-state index < -0.39 is 5.97 Å². The maximum atomic E-state index is 11.3. The Morgan fingerprint density at radius 2 is 2.06 bits per heavy atom. The lowest BCUT2D eigenvalue weighted by atomic mass is 10.2. The molecule has 0 aliphatic rings. The third kappa shape index (κ3) is 4.47. The van der Waals surface area contributed by atoms with Crippen molar-refractivity contribution in [3.05, 3.63) is 48.0 Å². The molecule has 0 saturated carbocycles. The molecule has 0 heterocycles. The van der Waals surface area contributed by atoms with Gasteiger partial charge in [0.25, 0.3) is 0 Å². The minimum Gasteiger partial charge on any atom is -0.449 e. The predicted octanol–water partition coefficient (Wildman–Crippen LogP) is 2.55. The second kappa shape index (κ2) is 6.47. The number of carbonyl (C=O) groups excluding carboxylic acids is 1. The van der Waals surface area contributed by atoms with Crippen LogP contribution in [0.25, 0.3) is 0 Å². The minimum absolute atomic E-state index is 0.234. The van der Waals surface area contributed by atoms with Crippen LogP contribution < -0.4 is 0 Å². The molecule has 1 aromatic carbocycles. The summed E-state index contributed by atoms with van der Waals surface area (Å²) in [6.07, 6.45) is 3.40. The molecule has 1 aromatic rings. The monoisotopic (exact) mass is 214 g/mol. The van der Waals surface area contributed by atoms with Crippen LogP contribution in [-0.2, 0) is 9.53 Å². The molecule has 82 valence electrons. The average Bonchev–Trinajstić information content (AvgIpc) is 2.28. The first-order valence-electron chi connectivity index (χ1n) is 5.13. The number of allylic oxidation sites excluding steroid dienone is 1. The van der Waals surface area contributed by atoms with Gasteiger partial charge < -0.3 is 4.74 Å². The third-order valence-electron chi connectivity index (χ3n) is 1.84. The van der Waals surface area contributed by atoms with Gasteiger partial charge in [0.1, 0.15) is 6.10 Å². The van der Waals surface area contributed by atoms with E-state index >= 15 is 0 Å². The first kappa shape index (κ1) is 12.1. The van der Waals surface area contributed by atoms with Crippen molar-refractivity contribution in [3.63, 3.8) is 0 Å². The van der Waals surface area contributed by atoms with E-state index in [0.29, 0.717) is 0 Å². The van der Waals surface area contributed by atoms with Crippen LogP contribution >= 0.6 is 0 Å². The van der Waals surface area contributed by atoms with E-state index in [9.17, 15) is 4.79 Å². The maximum Gasteiger partial charge on any atom is 0.385 e. The average molecular weight is 214 g/mol. The van der Waals surface area contributed by atoms with Gasteiger partial charge in [-0.25, -0.2) is 4.79 Å². The number of carbonyl (C=O) groups is 1. The van der Waals surface area contributed by atoms with Gasteiger partial charge in [-0.3, -0.25) is 0 Å². The molecule has 0 aromatic heterocycles. The lowest BCUT2D eigenvalue weighted by Gasteiger charge is -2.04. The zero-order valence-electron chi connectivity index (χ0n) is 9.44. The van der Waals surface area contributed by atoms with E-state index in [1.54, 1.807) is 13.0 Å². The first-order valence-corrected chi connectivity index (χ1v) is 5.13. The molecule has 2 nitrogen and oxygen atoms in total. The van der Waals surface area contributed by atoms with Crippen LogP contribution in [-0.4, -0.2) is 12.1 Å². The molecular weight excluding hydrogens is 200 g/mol. The third-order valence-corrected chi connectivity index (χ3v) is 1.84. The molecule has 0 radical (unpaired) electrons. The summed E-state index contributed by atoms with van der Waals surface area (Å²) in [7, 11) is 0. The zero-order valence-corrected chi connectivity index (χ0v) is 9.44. The minimum atomic E-state index is -0.505. The topological polar surface area (TPSA) is 26.3 Å². The first-order chi connectivity index (χ1) is 7.72. The number of benzene rings is 1. The van der Waals surface area contributed by atoms with Crippen molar-refractivity contribution >= 4 is 5.97 Å². The summed E-state index contributed by atoms with van der Waals surface area (Å²) in [6.45, 7) is 3.67. The summed E-state index contributed by atoms with van der Waals surface area (Å²) in [5.41, 5.74) is 0.804. The summed E-state index contributed by atoms with van der Waals surface area (Å²) < 4.78 is 5.01. The molecule has 2 heteroatoms. The molecule has 0 saturated heterocycles. The van der Waals surface area contributed by atoms with E-state index in [1.165, 1.54) is 0 Å². The molecule has 0 amide bonds. The molecule has 0 bridgehead atoms. The van der Waals surface area contributed by atoms with Crippen LogP contribution in [0.1, 0.15) is 19.4 Å². The summed E-state index contributed by atoms with van der Waals surface area (Å²) in [6, 6.07) is 9.33. The van der Waals surface area contributed by atoms with Crippen LogP contribution in [0.3, 0.4) is 0 Å². The standard InChI is InChI=1S/C14H14O2/c1-3-7-12(2)16-14(15)11-10-13-8-5-4-6-9-13/h3-9,12H,1-2H3/b7-3+. The number of hydrogen-bond donors (Lipinski definition) is 0. The molecular formula is C14H14O2. The smallest absolute Gasteiger partial charge is 0.385 e. The number of ether oxygens (including phenoxy) is 1. The molecule has 0 spiro atoms. The van der Waals surface area contributed by atoms with Crippen molar-refractivity contribution in [1.29, 1.82) is 0 Å². The van der Waals surface area contributed by atoms with Crippen LogP contribution in [0.15, 0.2) is 42.5 Å². The van der Waals surface area contributed by atoms with Crippen molar-refractivity contribution in [2.24, 2.45) is 0 Å². The predicted molar refractivity (Wildman–Crippen MR) is 63.7 cm³/mol. The fourth-order valence-corrected chi connectivity index (χ4v) is 1.15. The Kier molecular flexibility index (Phi) is 4.88. The van der Waals surface area contributed by atoms with E-state index in [4.69, 9.17) is 4.74 Å². The normalized spacial score (nSPS) is 11.6. The molecule has 1 unspecified atom stereocenters. The van der Waals surface area contributed by atoms with E-state index in [-0.39, 0.29) is 6.10 Å². The largest absolute Gasteiger partial charge is 0.449 e. The fourth-order valence-electron chi connectivity index (χ4n) is 1.15. The summed E-state index contributed by atoms with van der Waals surface area (Å²) >= 11 is 0. The van der Waals surface area contributed by atoms with Crippen LogP contribution in [0.4, 0.5) is 0 Å². The summed E-state index contributed by atoms with van der Waals surface area (Å²) in [4.78, 5) is 11.3. The molecule has 0 N–H and O–H groups in total. The van der Waals surface area contributed by atoms with Crippen molar-refractivity contribution in [3.8, 4) is 11.8 Å². The van der Waals surface area contributed by atoms with Gasteiger partial charge in [-0.1, -0.05) is 30.2 Å². The van der Waals surface area contributed by atoms with E-state index in [2.05, 4.69) is 11.8 Å². The molecule has 0 aliphatic heterocycles. The Balaban J connectivity index is 2.55. The van der Waals surface area contributed by atoms with Crippen molar-refractivity contribution in [2.75, 3.05) is 0 Å². The summed E-state index contributed by atoms with van der Waals surface area (Å²) in [5.74, 6) is 4.68. The highest BCUT2D eigenvalue weighted by Gasteiger charge is 2.01. The lowest BCUT2D eigenvalue weighted by Crippen LogP contribution is -2.10. The van der Waals surface area contributed by atoms with E-state index in [1.807, 2.05) is 43.3 Å². The quantitative estimate of drug-likeness (QED) is 0.429. The van der Waals surface area contributed by atoms with Crippen molar-refractivity contribution in [1.82, 2.24) is 0 Å². The highest BCUT2D eigenvalue weighted by atomic mass is 16.5. The van der Waals surface area contributed by atoms with Crippen LogP contribution in [0.5, 0.6) is 0 Å². The van der Waals surface area contributed by atoms with Gasteiger partial charge in [0, 0.05) is 11.5 Å². The van der Waals surface area contributed by atoms with Gasteiger partial charge in [-0.15, -0.1) is 0 Å². The highest BCUT2D eigenvalue weighted by molar-refractivity contribution is 5.89. The highest BCUT2D eigenvalue weighted by Crippen LogP contribution is 1.96. The van der Waals surface area contributed by atoms with Crippen LogP contribution in [0, 0.1) is 11.8 Å². The Hall–Kier alpha value is -2.01. The van der Waals surface area contributed by atoms with Gasteiger partial charge in [0.05, 0.1) is 0 Å². The lowest BCUT2D eigenvalue weighted by molar-refractivity contribution is -0.139. The number of esters is 1. The molecule has 16 heavy (non-hydrogen) atoms. The van der Waals surface area contributed by atoms with Crippen LogP contribution in [0.2, 0.25) is 0 Å². The summed E-state index contributed by atoms with van der Waals surface area (Å²) in [5, 5.41) is 0. The Bertz CT molecular complexity index is 421. The zero-order chi connectivity index (χ0) is 11.8. The second-order valence-electron chi connectivity index (χ2n) is 3.25. The SMILES string of the molecule is C/C=C/C(C)OC(=O)C#Cc1ccccc1. The molecule has 0 aliphatic carbocycles. The second-order valence-corrected chi connectivity index (χ2v) is 3.25.